The minimum atomic E-state index is 0. The Labute approximate surface area is 169 Å². The van der Waals surface area contributed by atoms with Crippen molar-refractivity contribution in [2.45, 2.75) is 85.6 Å². The van der Waals surface area contributed by atoms with Gasteiger partial charge in [0.25, 0.3) is 0 Å². The summed E-state index contributed by atoms with van der Waals surface area (Å²) in [6.45, 7) is 14.2. The Morgan fingerprint density at radius 2 is 1.59 bits per heavy atom. The Balaban J connectivity index is 0. The summed E-state index contributed by atoms with van der Waals surface area (Å²) in [7, 11) is 0. The zero-order valence-corrected chi connectivity index (χ0v) is 18.7. The highest BCUT2D eigenvalue weighted by Gasteiger charge is 2.37. The van der Waals surface area contributed by atoms with Crippen molar-refractivity contribution in [3.8, 4) is 0 Å². The van der Waals surface area contributed by atoms with E-state index in [1.165, 1.54) is 56.1 Å². The van der Waals surface area contributed by atoms with Crippen LogP contribution in [0.4, 0.5) is 0 Å². The molecule has 3 unspecified atom stereocenters. The highest BCUT2D eigenvalue weighted by molar-refractivity contribution is 5.16. The van der Waals surface area contributed by atoms with Crippen LogP contribution >= 0.6 is 0 Å². The van der Waals surface area contributed by atoms with Gasteiger partial charge in [-0.2, -0.15) is 0 Å². The largest absolute Gasteiger partial charge is 0.344 e. The molecule has 0 amide bonds. The number of rotatable bonds is 2. The fourth-order valence-corrected chi connectivity index (χ4v) is 3.67. The van der Waals surface area contributed by atoms with Gasteiger partial charge in [0.05, 0.1) is 0 Å². The Morgan fingerprint density at radius 3 is 2.07 bits per heavy atom. The normalized spacial score (nSPS) is 22.7. The average Bonchev–Trinajstić information content (AvgIpc) is 2.99. The highest BCUT2D eigenvalue weighted by Crippen LogP contribution is 2.43. The quantitative estimate of drug-likeness (QED) is 0.527. The van der Waals surface area contributed by atoms with E-state index in [0.717, 1.165) is 11.8 Å². The number of nitrogens with two attached hydrogens (primary N) is 1. The number of allylic oxidation sites excluding steroid dienone is 2. The van der Waals surface area contributed by atoms with E-state index in [4.69, 9.17) is 5.73 Å². The van der Waals surface area contributed by atoms with Gasteiger partial charge in [0.15, 0.2) is 0 Å². The maximum absolute atomic E-state index is 6.03. The van der Waals surface area contributed by atoms with Crippen molar-refractivity contribution in [3.05, 3.63) is 60.2 Å². The maximum atomic E-state index is 6.03. The van der Waals surface area contributed by atoms with Crippen LogP contribution in [0.15, 0.2) is 54.6 Å². The second-order valence-electron chi connectivity index (χ2n) is 7.00. The molecule has 2 heteroatoms. The summed E-state index contributed by atoms with van der Waals surface area (Å²) in [6, 6.07) is 10.9. The van der Waals surface area contributed by atoms with Gasteiger partial charge in [-0.25, -0.2) is 0 Å². The molecule has 2 aliphatic carbocycles. The molecular formula is C25H46N2. The highest BCUT2D eigenvalue weighted by atomic mass is 14.7. The molecule has 0 saturated heterocycles. The molecule has 0 bridgehead atoms. The lowest BCUT2D eigenvalue weighted by Gasteiger charge is -2.26. The van der Waals surface area contributed by atoms with Crippen LogP contribution in [0.25, 0.3) is 0 Å². The van der Waals surface area contributed by atoms with Gasteiger partial charge in [0, 0.05) is 6.04 Å². The minimum absolute atomic E-state index is 0. The van der Waals surface area contributed by atoms with Crippen molar-refractivity contribution in [2.24, 2.45) is 17.6 Å². The number of hydrogen-bond donors (Lipinski definition) is 2. The fraction of sp³-hybridized carbons (Fsp3) is 0.600. The maximum Gasteiger partial charge on any atom is 0.0282 e. The lowest BCUT2D eigenvalue weighted by Crippen LogP contribution is -2.30. The molecule has 3 rings (SSSR count). The number of fused-ring (bicyclic) bond motifs is 1. The molecule has 2 saturated carbocycles. The summed E-state index contributed by atoms with van der Waals surface area (Å²) in [4.78, 5) is 0. The molecule has 5 N–H and O–H groups in total. The summed E-state index contributed by atoms with van der Waals surface area (Å²) < 4.78 is 0. The summed E-state index contributed by atoms with van der Waals surface area (Å²) >= 11 is 0. The van der Waals surface area contributed by atoms with Gasteiger partial charge in [-0.3, -0.25) is 0 Å². The molecule has 1 aromatic rings. The third kappa shape index (κ3) is 11.1. The Kier molecular flexibility index (Phi) is 18.6. The third-order valence-electron chi connectivity index (χ3n) is 5.14. The monoisotopic (exact) mass is 374 g/mol. The molecule has 2 fully saturated rings. The Hall–Kier alpha value is -1.38. The number of aryl methyl sites for hydroxylation is 1. The van der Waals surface area contributed by atoms with Gasteiger partial charge in [0.1, 0.15) is 0 Å². The first-order valence-corrected chi connectivity index (χ1v) is 10.7. The van der Waals surface area contributed by atoms with E-state index in [2.05, 4.69) is 43.8 Å². The third-order valence-corrected chi connectivity index (χ3v) is 5.14. The van der Waals surface area contributed by atoms with Crippen molar-refractivity contribution >= 4 is 0 Å². The Bertz CT molecular complexity index is 474. The van der Waals surface area contributed by atoms with E-state index in [0.29, 0.717) is 6.04 Å². The average molecular weight is 375 g/mol. The van der Waals surface area contributed by atoms with Gasteiger partial charge in [-0.1, -0.05) is 94.7 Å². The van der Waals surface area contributed by atoms with Gasteiger partial charge in [-0.05, 0) is 56.9 Å². The van der Waals surface area contributed by atoms with Crippen LogP contribution in [0, 0.1) is 11.8 Å². The molecule has 2 aliphatic rings. The van der Waals surface area contributed by atoms with E-state index < -0.39 is 0 Å². The van der Waals surface area contributed by atoms with Crippen molar-refractivity contribution in [1.82, 2.24) is 6.15 Å². The van der Waals surface area contributed by atoms with Crippen molar-refractivity contribution in [3.63, 3.8) is 0 Å². The van der Waals surface area contributed by atoms with Crippen LogP contribution in [-0.2, 0) is 6.42 Å². The zero-order chi connectivity index (χ0) is 19.8. The molecule has 1 aromatic carbocycles. The van der Waals surface area contributed by atoms with Crippen LogP contribution in [0.1, 0.15) is 78.7 Å². The lowest BCUT2D eigenvalue weighted by atomic mass is 9.80. The van der Waals surface area contributed by atoms with Crippen LogP contribution in [0.2, 0.25) is 0 Å². The summed E-state index contributed by atoms with van der Waals surface area (Å²) in [5, 5.41) is 0. The molecule has 27 heavy (non-hydrogen) atoms. The second-order valence-corrected chi connectivity index (χ2v) is 7.00. The molecule has 0 aromatic heterocycles. The molecule has 3 atom stereocenters. The molecule has 0 heterocycles. The van der Waals surface area contributed by atoms with Crippen LogP contribution in [0.5, 0.6) is 0 Å². The van der Waals surface area contributed by atoms with Crippen LogP contribution < -0.4 is 11.9 Å². The van der Waals surface area contributed by atoms with Crippen molar-refractivity contribution < 1.29 is 0 Å². The van der Waals surface area contributed by atoms with Crippen LogP contribution in [-0.4, -0.2) is 6.04 Å². The number of hydrogen-bond acceptors (Lipinski definition) is 2. The molecular weight excluding hydrogens is 328 g/mol. The predicted octanol–water partition coefficient (Wildman–Crippen LogP) is 7.49. The van der Waals surface area contributed by atoms with Crippen LogP contribution in [0.3, 0.4) is 0 Å². The first-order valence-electron chi connectivity index (χ1n) is 10.7. The molecule has 0 spiro atoms. The van der Waals surface area contributed by atoms with Gasteiger partial charge < -0.3 is 11.9 Å². The zero-order valence-electron chi connectivity index (χ0n) is 18.7. The van der Waals surface area contributed by atoms with E-state index in [-0.39, 0.29) is 6.15 Å². The summed E-state index contributed by atoms with van der Waals surface area (Å²) in [5.41, 5.74) is 8.79. The van der Waals surface area contributed by atoms with Crippen molar-refractivity contribution in [2.75, 3.05) is 0 Å². The fourth-order valence-electron chi connectivity index (χ4n) is 3.67. The summed E-state index contributed by atoms with van der Waals surface area (Å²) in [5.74, 6) is 1.68. The minimum Gasteiger partial charge on any atom is -0.344 e. The van der Waals surface area contributed by atoms with Crippen molar-refractivity contribution in [1.29, 1.82) is 0 Å². The standard InChI is InChI=1S/C10H17N.C9H12.C4H8.C2H6.H3N/c1-7-6-8-4-2-3-5-9(8)10(7)11;1-2-6-9-7-4-3-5-8-9;1-3-4-2;1-2;/h8-10H,1-6,11H2;3-5,7-8H,2,6H2,1H3;3-4H,1-2H3;1-2H3;1H3/b;;4-3-;;. The van der Waals surface area contributed by atoms with E-state index in [1.807, 2.05) is 39.8 Å². The molecule has 156 valence electrons. The van der Waals surface area contributed by atoms with E-state index in [1.54, 1.807) is 0 Å². The predicted molar refractivity (Wildman–Crippen MR) is 124 cm³/mol. The van der Waals surface area contributed by atoms with Gasteiger partial charge in [-0.15, -0.1) is 0 Å². The first kappa shape index (κ1) is 27.8. The molecule has 0 aliphatic heterocycles. The molecule has 0 radical (unpaired) electrons. The Morgan fingerprint density at radius 1 is 1.04 bits per heavy atom. The second kappa shape index (κ2) is 18.0. The summed E-state index contributed by atoms with van der Waals surface area (Å²) in [6.07, 6.45) is 13.2. The van der Waals surface area contributed by atoms with E-state index in [9.17, 15) is 0 Å². The topological polar surface area (TPSA) is 61.0 Å². The first-order chi connectivity index (χ1) is 12.6. The van der Waals surface area contributed by atoms with Gasteiger partial charge >= 0.3 is 0 Å². The SMILES string of the molecule is C/C=C\C.C=C1CC2CCCCC2C1N.CC.CCCc1ccccc1.N. The smallest absolute Gasteiger partial charge is 0.0282 e. The molecule has 2 nitrogen and oxygen atoms in total. The number of benzene rings is 1. The van der Waals surface area contributed by atoms with E-state index >= 15 is 0 Å². The van der Waals surface area contributed by atoms with Gasteiger partial charge in [0.2, 0.25) is 0 Å². The lowest BCUT2D eigenvalue weighted by molar-refractivity contribution is 0.261.